The van der Waals surface area contributed by atoms with E-state index >= 15 is 0 Å². The summed E-state index contributed by atoms with van der Waals surface area (Å²) in [5.74, 6) is 0.986. The Morgan fingerprint density at radius 3 is 2.66 bits per heavy atom. The second-order valence-electron chi connectivity index (χ2n) is 8.32. The molecule has 4 heterocycles. The summed E-state index contributed by atoms with van der Waals surface area (Å²) < 4.78 is 6.33. The Labute approximate surface area is 171 Å². The Morgan fingerprint density at radius 1 is 1.07 bits per heavy atom. The van der Waals surface area contributed by atoms with E-state index in [0.717, 1.165) is 40.1 Å². The van der Waals surface area contributed by atoms with Gasteiger partial charge in [0.15, 0.2) is 11.4 Å². The molecular weight excluding hydrogens is 360 g/mol. The molecule has 0 bridgehead atoms. The number of furan rings is 1. The number of anilines is 3. The standard InChI is InChI=1S/C24H26N4O/c1-14(2)28-17(5)13-27(23-20(28)7-6-12-25-23)21-15(3)8-10-18-19-11-9-16(4)26-24(19)29-22(18)21/h6-12,14,17H,13H2,1-5H3. The van der Waals surface area contributed by atoms with Crippen LogP contribution in [-0.4, -0.2) is 28.6 Å². The third kappa shape index (κ3) is 2.68. The van der Waals surface area contributed by atoms with E-state index in [0.29, 0.717) is 17.8 Å². The number of pyridine rings is 2. The molecule has 1 aliphatic rings. The highest BCUT2D eigenvalue weighted by molar-refractivity contribution is 6.09. The molecule has 0 saturated heterocycles. The number of rotatable bonds is 2. The van der Waals surface area contributed by atoms with E-state index in [-0.39, 0.29) is 0 Å². The number of hydrogen-bond donors (Lipinski definition) is 0. The fourth-order valence-corrected chi connectivity index (χ4v) is 4.69. The quantitative estimate of drug-likeness (QED) is 0.439. The molecule has 0 fully saturated rings. The van der Waals surface area contributed by atoms with Gasteiger partial charge in [0, 0.05) is 41.3 Å². The Hall–Kier alpha value is -3.08. The maximum Gasteiger partial charge on any atom is 0.227 e. The molecular formula is C24H26N4O. The molecule has 4 aromatic rings. The van der Waals surface area contributed by atoms with Gasteiger partial charge in [-0.15, -0.1) is 0 Å². The van der Waals surface area contributed by atoms with Gasteiger partial charge in [-0.3, -0.25) is 0 Å². The van der Waals surface area contributed by atoms with Crippen molar-refractivity contribution >= 4 is 39.3 Å². The number of hydrogen-bond acceptors (Lipinski definition) is 5. The zero-order valence-corrected chi connectivity index (χ0v) is 17.6. The maximum atomic E-state index is 6.33. The third-order valence-corrected chi connectivity index (χ3v) is 5.87. The van der Waals surface area contributed by atoms with Crippen molar-refractivity contribution in [3.05, 3.63) is 53.9 Å². The van der Waals surface area contributed by atoms with Gasteiger partial charge >= 0.3 is 0 Å². The van der Waals surface area contributed by atoms with Crippen molar-refractivity contribution in [3.63, 3.8) is 0 Å². The number of fused-ring (bicyclic) bond motifs is 4. The lowest BCUT2D eigenvalue weighted by molar-refractivity contribution is 0.556. The molecule has 1 atom stereocenters. The van der Waals surface area contributed by atoms with Gasteiger partial charge in [-0.05, 0) is 64.4 Å². The second-order valence-corrected chi connectivity index (χ2v) is 8.32. The molecule has 0 aliphatic carbocycles. The minimum atomic E-state index is 0.353. The largest absolute Gasteiger partial charge is 0.435 e. The van der Waals surface area contributed by atoms with Gasteiger partial charge in [0.25, 0.3) is 0 Å². The van der Waals surface area contributed by atoms with Crippen LogP contribution >= 0.6 is 0 Å². The van der Waals surface area contributed by atoms with Crippen LogP contribution in [0.1, 0.15) is 32.0 Å². The van der Waals surface area contributed by atoms with Crippen LogP contribution in [0.2, 0.25) is 0 Å². The first kappa shape index (κ1) is 18.0. The van der Waals surface area contributed by atoms with Crippen LogP contribution in [0.5, 0.6) is 0 Å². The fraction of sp³-hybridized carbons (Fsp3) is 0.333. The topological polar surface area (TPSA) is 45.4 Å². The summed E-state index contributed by atoms with van der Waals surface area (Å²) in [5, 5.41) is 2.16. The van der Waals surface area contributed by atoms with Crippen LogP contribution < -0.4 is 9.80 Å². The Morgan fingerprint density at radius 2 is 1.86 bits per heavy atom. The molecule has 1 aliphatic heterocycles. The molecule has 148 valence electrons. The first-order valence-corrected chi connectivity index (χ1v) is 10.3. The van der Waals surface area contributed by atoms with Crippen LogP contribution in [-0.2, 0) is 0 Å². The zero-order valence-electron chi connectivity index (χ0n) is 17.6. The van der Waals surface area contributed by atoms with Crippen LogP contribution in [0.3, 0.4) is 0 Å². The second kappa shape index (κ2) is 6.48. The molecule has 1 aromatic carbocycles. The average molecular weight is 386 g/mol. The zero-order chi connectivity index (χ0) is 20.3. The summed E-state index contributed by atoms with van der Waals surface area (Å²) in [4.78, 5) is 14.2. The van der Waals surface area contributed by atoms with E-state index in [4.69, 9.17) is 9.40 Å². The molecule has 0 amide bonds. The summed E-state index contributed by atoms with van der Waals surface area (Å²) in [6, 6.07) is 13.4. The lowest BCUT2D eigenvalue weighted by atomic mass is 10.0. The fourth-order valence-electron chi connectivity index (χ4n) is 4.69. The van der Waals surface area contributed by atoms with Crippen molar-refractivity contribution in [2.75, 3.05) is 16.3 Å². The van der Waals surface area contributed by atoms with Crippen LogP contribution in [0.25, 0.3) is 22.1 Å². The van der Waals surface area contributed by atoms with Crippen LogP contribution in [0.15, 0.2) is 47.0 Å². The lowest BCUT2D eigenvalue weighted by Crippen LogP contribution is -2.49. The molecule has 0 spiro atoms. The van der Waals surface area contributed by atoms with E-state index in [1.807, 2.05) is 25.3 Å². The Kier molecular flexibility index (Phi) is 4.02. The van der Waals surface area contributed by atoms with Gasteiger partial charge in [0.05, 0.1) is 11.4 Å². The highest BCUT2D eigenvalue weighted by Crippen LogP contribution is 2.44. The molecule has 5 rings (SSSR count). The highest BCUT2D eigenvalue weighted by Gasteiger charge is 2.33. The normalized spacial score (nSPS) is 16.8. The van der Waals surface area contributed by atoms with Gasteiger partial charge in [0.2, 0.25) is 5.71 Å². The van der Waals surface area contributed by atoms with Gasteiger partial charge < -0.3 is 14.2 Å². The molecule has 5 heteroatoms. The van der Waals surface area contributed by atoms with E-state index < -0.39 is 0 Å². The molecule has 5 nitrogen and oxygen atoms in total. The van der Waals surface area contributed by atoms with Crippen molar-refractivity contribution in [2.45, 2.75) is 46.7 Å². The lowest BCUT2D eigenvalue weighted by Gasteiger charge is -2.44. The van der Waals surface area contributed by atoms with Gasteiger partial charge in [-0.1, -0.05) is 12.1 Å². The predicted molar refractivity (Wildman–Crippen MR) is 119 cm³/mol. The summed E-state index contributed by atoms with van der Waals surface area (Å²) in [5.41, 5.74) is 5.98. The van der Waals surface area contributed by atoms with E-state index in [1.54, 1.807) is 0 Å². The van der Waals surface area contributed by atoms with E-state index in [1.165, 1.54) is 11.3 Å². The number of aromatic nitrogens is 2. The Bertz CT molecular complexity index is 1230. The SMILES string of the molecule is Cc1ccc2c(n1)oc1c(N3CC(C)N(C(C)C)c4cccnc43)c(C)ccc12. The monoisotopic (exact) mass is 386 g/mol. The summed E-state index contributed by atoms with van der Waals surface area (Å²) in [6.07, 6.45) is 1.87. The van der Waals surface area contributed by atoms with Crippen molar-refractivity contribution in [2.24, 2.45) is 0 Å². The maximum absolute atomic E-state index is 6.33. The average Bonchev–Trinajstić information content (AvgIpc) is 3.04. The number of benzene rings is 1. The predicted octanol–water partition coefficient (Wildman–Crippen LogP) is 5.75. The minimum absolute atomic E-state index is 0.353. The number of nitrogens with zero attached hydrogens (tertiary/aromatic N) is 4. The van der Waals surface area contributed by atoms with Crippen molar-refractivity contribution in [1.82, 2.24) is 9.97 Å². The summed E-state index contributed by atoms with van der Waals surface area (Å²) in [6.45, 7) is 11.7. The summed E-state index contributed by atoms with van der Waals surface area (Å²) >= 11 is 0. The minimum Gasteiger partial charge on any atom is -0.435 e. The van der Waals surface area contributed by atoms with Crippen molar-refractivity contribution in [1.29, 1.82) is 0 Å². The van der Waals surface area contributed by atoms with Crippen LogP contribution in [0.4, 0.5) is 17.2 Å². The summed E-state index contributed by atoms with van der Waals surface area (Å²) in [7, 11) is 0. The molecule has 29 heavy (non-hydrogen) atoms. The molecule has 1 unspecified atom stereocenters. The van der Waals surface area contributed by atoms with Gasteiger partial charge in [-0.25, -0.2) is 9.97 Å². The van der Waals surface area contributed by atoms with Crippen molar-refractivity contribution < 1.29 is 4.42 Å². The van der Waals surface area contributed by atoms with Gasteiger partial charge in [0.1, 0.15) is 0 Å². The van der Waals surface area contributed by atoms with E-state index in [2.05, 4.69) is 66.7 Å². The van der Waals surface area contributed by atoms with Gasteiger partial charge in [-0.2, -0.15) is 0 Å². The Balaban J connectivity index is 1.78. The molecule has 0 N–H and O–H groups in total. The smallest absolute Gasteiger partial charge is 0.227 e. The first-order chi connectivity index (χ1) is 14.0. The highest BCUT2D eigenvalue weighted by atomic mass is 16.3. The molecule has 0 radical (unpaired) electrons. The third-order valence-electron chi connectivity index (χ3n) is 5.87. The molecule has 0 saturated carbocycles. The van der Waals surface area contributed by atoms with E-state index in [9.17, 15) is 0 Å². The molecule has 3 aromatic heterocycles. The number of aryl methyl sites for hydroxylation is 2. The van der Waals surface area contributed by atoms with Crippen LogP contribution in [0, 0.1) is 13.8 Å². The van der Waals surface area contributed by atoms with Crippen molar-refractivity contribution in [3.8, 4) is 0 Å². The first-order valence-electron chi connectivity index (χ1n) is 10.3.